The predicted molar refractivity (Wildman–Crippen MR) is 93.1 cm³/mol. The van der Waals surface area contributed by atoms with Gasteiger partial charge in [0.2, 0.25) is 0 Å². The molecule has 0 N–H and O–H groups in total. The van der Waals surface area contributed by atoms with Crippen LogP contribution >= 0.6 is 43.2 Å². The van der Waals surface area contributed by atoms with Crippen molar-refractivity contribution >= 4 is 43.2 Å². The van der Waals surface area contributed by atoms with Gasteiger partial charge in [-0.3, -0.25) is 0 Å². The molecule has 3 aromatic rings. The van der Waals surface area contributed by atoms with E-state index in [0.717, 1.165) is 35.7 Å². The Morgan fingerprint density at radius 2 is 1.90 bits per heavy atom. The summed E-state index contributed by atoms with van der Waals surface area (Å²) in [6.07, 6.45) is 0. The van der Waals surface area contributed by atoms with Gasteiger partial charge in [0.05, 0.1) is 5.69 Å². The van der Waals surface area contributed by atoms with Crippen LogP contribution in [0.3, 0.4) is 0 Å². The Morgan fingerprint density at radius 3 is 2.62 bits per heavy atom. The molecular weight excluding hydrogens is 417 g/mol. The molecule has 0 unspecified atom stereocenters. The highest BCUT2D eigenvalue weighted by molar-refractivity contribution is 9.10. The fraction of sp³-hybridized carbons (Fsp3) is 0.0625. The number of aromatic nitrogens is 1. The van der Waals surface area contributed by atoms with Gasteiger partial charge in [0, 0.05) is 24.9 Å². The summed E-state index contributed by atoms with van der Waals surface area (Å²) in [5, 5.41) is 0.884. The summed E-state index contributed by atoms with van der Waals surface area (Å²) >= 11 is 8.50. The van der Waals surface area contributed by atoms with Gasteiger partial charge in [-0.15, -0.1) is 11.3 Å². The van der Waals surface area contributed by atoms with Crippen LogP contribution in [-0.4, -0.2) is 4.98 Å². The van der Waals surface area contributed by atoms with Crippen molar-refractivity contribution in [2.75, 3.05) is 0 Å². The van der Waals surface area contributed by atoms with Gasteiger partial charge in [0.15, 0.2) is 0 Å². The molecule has 0 spiro atoms. The van der Waals surface area contributed by atoms with Crippen molar-refractivity contribution in [2.24, 2.45) is 0 Å². The minimum atomic E-state index is -0.258. The van der Waals surface area contributed by atoms with Crippen LogP contribution in [-0.2, 0) is 0 Å². The van der Waals surface area contributed by atoms with Crippen molar-refractivity contribution in [3.8, 4) is 21.8 Å². The van der Waals surface area contributed by atoms with Crippen molar-refractivity contribution in [1.29, 1.82) is 0 Å². The summed E-state index contributed by atoms with van der Waals surface area (Å²) < 4.78 is 14.9. The van der Waals surface area contributed by atoms with Crippen LogP contribution in [0.4, 0.5) is 4.39 Å². The topological polar surface area (TPSA) is 12.9 Å². The van der Waals surface area contributed by atoms with Crippen molar-refractivity contribution in [3.63, 3.8) is 0 Å². The number of aryl methyl sites for hydroxylation is 1. The van der Waals surface area contributed by atoms with E-state index >= 15 is 0 Å². The van der Waals surface area contributed by atoms with E-state index in [9.17, 15) is 4.39 Å². The second-order valence-corrected chi connectivity index (χ2v) is 7.53. The van der Waals surface area contributed by atoms with E-state index in [-0.39, 0.29) is 5.82 Å². The van der Waals surface area contributed by atoms with E-state index in [0.29, 0.717) is 0 Å². The number of hydrogen-bond acceptors (Lipinski definition) is 2. The van der Waals surface area contributed by atoms with Crippen molar-refractivity contribution in [2.45, 2.75) is 6.92 Å². The molecule has 0 aliphatic carbocycles. The maximum Gasteiger partial charge on any atom is 0.125 e. The lowest BCUT2D eigenvalue weighted by molar-refractivity contribution is 0.627. The fourth-order valence-electron chi connectivity index (χ4n) is 2.08. The van der Waals surface area contributed by atoms with Gasteiger partial charge in [0.1, 0.15) is 10.8 Å². The van der Waals surface area contributed by atoms with Crippen LogP contribution in [0.2, 0.25) is 0 Å². The Balaban J connectivity index is 2.09. The zero-order valence-electron chi connectivity index (χ0n) is 11.0. The van der Waals surface area contributed by atoms with Gasteiger partial charge in [-0.05, 0) is 53.2 Å². The maximum atomic E-state index is 13.2. The van der Waals surface area contributed by atoms with E-state index in [2.05, 4.69) is 38.8 Å². The van der Waals surface area contributed by atoms with E-state index in [1.165, 1.54) is 12.1 Å². The number of halogens is 3. The number of rotatable bonds is 2. The Hall–Kier alpha value is -1.04. The Kier molecular flexibility index (Phi) is 4.24. The molecule has 3 rings (SSSR count). The molecule has 2 aromatic carbocycles. The van der Waals surface area contributed by atoms with Gasteiger partial charge in [0.25, 0.3) is 0 Å². The van der Waals surface area contributed by atoms with Crippen LogP contribution in [0, 0.1) is 12.7 Å². The maximum absolute atomic E-state index is 13.2. The average molecular weight is 427 g/mol. The van der Waals surface area contributed by atoms with Gasteiger partial charge >= 0.3 is 0 Å². The SMILES string of the molecule is Cc1sc(-c2ccc(F)cc2Br)nc1-c1cccc(Br)c1. The summed E-state index contributed by atoms with van der Waals surface area (Å²) in [7, 11) is 0. The molecule has 1 heterocycles. The summed E-state index contributed by atoms with van der Waals surface area (Å²) in [5.74, 6) is -0.258. The Morgan fingerprint density at radius 1 is 1.10 bits per heavy atom. The standard InChI is InChI=1S/C16H10Br2FNS/c1-9-15(10-3-2-4-11(17)7-10)20-16(21-9)13-6-5-12(19)8-14(13)18/h2-8H,1H3. The molecule has 0 fully saturated rings. The van der Waals surface area contributed by atoms with Crippen LogP contribution in [0.5, 0.6) is 0 Å². The molecule has 1 nitrogen and oxygen atoms in total. The number of nitrogens with zero attached hydrogens (tertiary/aromatic N) is 1. The average Bonchev–Trinajstić information content (AvgIpc) is 2.80. The third-order valence-electron chi connectivity index (χ3n) is 3.06. The second kappa shape index (κ2) is 5.99. The summed E-state index contributed by atoms with van der Waals surface area (Å²) in [4.78, 5) is 5.87. The molecule has 5 heteroatoms. The quantitative estimate of drug-likeness (QED) is 0.458. The molecule has 0 amide bonds. The predicted octanol–water partition coefficient (Wildman–Crippen LogP) is 6.45. The molecule has 0 atom stereocenters. The first-order valence-electron chi connectivity index (χ1n) is 6.23. The molecular formula is C16H10Br2FNS. The minimum absolute atomic E-state index is 0.258. The van der Waals surface area contributed by atoms with E-state index < -0.39 is 0 Å². The molecule has 21 heavy (non-hydrogen) atoms. The molecule has 0 radical (unpaired) electrons. The molecule has 0 aliphatic rings. The third-order valence-corrected chi connectivity index (χ3v) is 5.21. The number of benzene rings is 2. The van der Waals surface area contributed by atoms with Crippen LogP contribution in [0.15, 0.2) is 51.4 Å². The largest absolute Gasteiger partial charge is 0.236 e. The lowest BCUT2D eigenvalue weighted by Gasteiger charge is -2.01. The molecule has 0 saturated heterocycles. The highest BCUT2D eigenvalue weighted by Gasteiger charge is 2.14. The summed E-state index contributed by atoms with van der Waals surface area (Å²) in [5.41, 5.74) is 2.95. The first-order valence-corrected chi connectivity index (χ1v) is 8.63. The molecule has 0 saturated carbocycles. The molecule has 0 bridgehead atoms. The number of thiazole rings is 1. The Bertz CT molecular complexity index is 814. The van der Waals surface area contributed by atoms with Gasteiger partial charge in [-0.1, -0.05) is 28.1 Å². The number of hydrogen-bond donors (Lipinski definition) is 0. The van der Waals surface area contributed by atoms with Crippen LogP contribution in [0.1, 0.15) is 4.88 Å². The zero-order valence-corrected chi connectivity index (χ0v) is 15.0. The third kappa shape index (κ3) is 3.10. The summed E-state index contributed by atoms with van der Waals surface area (Å²) in [6, 6.07) is 12.7. The van der Waals surface area contributed by atoms with Crippen molar-refractivity contribution in [3.05, 3.63) is 62.1 Å². The van der Waals surface area contributed by atoms with Gasteiger partial charge in [-0.2, -0.15) is 0 Å². The van der Waals surface area contributed by atoms with Crippen molar-refractivity contribution < 1.29 is 4.39 Å². The lowest BCUT2D eigenvalue weighted by atomic mass is 10.1. The highest BCUT2D eigenvalue weighted by atomic mass is 79.9. The first-order chi connectivity index (χ1) is 10.0. The Labute approximate surface area is 143 Å². The minimum Gasteiger partial charge on any atom is -0.236 e. The highest BCUT2D eigenvalue weighted by Crippen LogP contribution is 2.37. The van der Waals surface area contributed by atoms with E-state index in [1.54, 1.807) is 17.4 Å². The monoisotopic (exact) mass is 425 g/mol. The second-order valence-electron chi connectivity index (χ2n) is 4.56. The van der Waals surface area contributed by atoms with Crippen LogP contribution < -0.4 is 0 Å². The smallest absolute Gasteiger partial charge is 0.125 e. The molecule has 1 aromatic heterocycles. The fourth-order valence-corrected chi connectivity index (χ4v) is 4.12. The lowest BCUT2D eigenvalue weighted by Crippen LogP contribution is -1.83. The van der Waals surface area contributed by atoms with Gasteiger partial charge < -0.3 is 0 Å². The van der Waals surface area contributed by atoms with Crippen molar-refractivity contribution in [1.82, 2.24) is 4.98 Å². The van der Waals surface area contributed by atoms with E-state index in [4.69, 9.17) is 4.98 Å². The zero-order chi connectivity index (χ0) is 15.0. The molecule has 0 aliphatic heterocycles. The van der Waals surface area contributed by atoms with Crippen LogP contribution in [0.25, 0.3) is 21.8 Å². The first kappa shape index (κ1) is 14.9. The normalized spacial score (nSPS) is 10.9. The van der Waals surface area contributed by atoms with E-state index in [1.807, 2.05) is 24.3 Å². The van der Waals surface area contributed by atoms with Gasteiger partial charge in [-0.25, -0.2) is 9.37 Å². The summed E-state index contributed by atoms with van der Waals surface area (Å²) in [6.45, 7) is 2.05. The molecule has 106 valence electrons.